The molecule has 0 bridgehead atoms. The minimum absolute atomic E-state index is 0.120. The van der Waals surface area contributed by atoms with Crippen molar-refractivity contribution >= 4 is 0 Å². The molecule has 1 rings (SSSR count). The first kappa shape index (κ1) is 8.26. The fraction of sp³-hybridized carbons (Fsp3) is 1.00. The van der Waals surface area contributed by atoms with Gasteiger partial charge in [-0.25, -0.2) is 0 Å². The molecule has 0 spiro atoms. The zero-order chi connectivity index (χ0) is 8.27. The highest BCUT2D eigenvalue weighted by Crippen LogP contribution is 2.20. The Morgan fingerprint density at radius 2 is 2.45 bits per heavy atom. The summed E-state index contributed by atoms with van der Waals surface area (Å²) in [7, 11) is 0. The van der Waals surface area contributed by atoms with Gasteiger partial charge in [-0.3, -0.25) is 4.84 Å². The van der Waals surface area contributed by atoms with Gasteiger partial charge in [0, 0.05) is 12.5 Å². The molecule has 0 aliphatic carbocycles. The van der Waals surface area contributed by atoms with E-state index in [1.54, 1.807) is 0 Å². The van der Waals surface area contributed by atoms with Crippen LogP contribution in [0.4, 0.5) is 0 Å². The van der Waals surface area contributed by atoms with Crippen LogP contribution in [0.1, 0.15) is 19.8 Å². The summed E-state index contributed by atoms with van der Waals surface area (Å²) in [6.45, 7) is 2.44. The molecule has 0 radical (unpaired) electrons. The third-order valence-corrected chi connectivity index (χ3v) is 1.74. The Morgan fingerprint density at radius 3 is 3.00 bits per heavy atom. The van der Waals surface area contributed by atoms with E-state index in [1.807, 2.05) is 6.92 Å². The van der Waals surface area contributed by atoms with Gasteiger partial charge in [0.2, 0.25) is 6.29 Å². The van der Waals surface area contributed by atoms with Crippen molar-refractivity contribution in [3.05, 3.63) is 10.1 Å². The van der Waals surface area contributed by atoms with Gasteiger partial charge in [0.15, 0.2) is 0 Å². The molecule has 0 saturated carbocycles. The van der Waals surface area contributed by atoms with E-state index in [0.717, 1.165) is 12.8 Å². The van der Waals surface area contributed by atoms with Crippen molar-refractivity contribution in [3.8, 4) is 0 Å². The van der Waals surface area contributed by atoms with E-state index in [2.05, 4.69) is 4.84 Å². The molecule has 1 aliphatic rings. The predicted octanol–water partition coefficient (Wildman–Crippen LogP) is 0.967. The molecule has 1 heterocycles. The van der Waals surface area contributed by atoms with Crippen molar-refractivity contribution in [2.24, 2.45) is 5.92 Å². The lowest BCUT2D eigenvalue weighted by atomic mass is 10.0. The van der Waals surface area contributed by atoms with E-state index in [-0.39, 0.29) is 5.92 Å². The lowest BCUT2D eigenvalue weighted by molar-refractivity contribution is -0.783. The maximum absolute atomic E-state index is 9.92. The zero-order valence-electron chi connectivity index (χ0n) is 6.36. The Morgan fingerprint density at radius 1 is 1.73 bits per heavy atom. The normalized spacial score (nSPS) is 31.4. The molecule has 11 heavy (non-hydrogen) atoms. The molecule has 0 aromatic heterocycles. The van der Waals surface area contributed by atoms with Crippen LogP contribution in [0.15, 0.2) is 0 Å². The van der Waals surface area contributed by atoms with Crippen LogP contribution in [-0.4, -0.2) is 18.0 Å². The number of rotatable bonds is 2. The minimum Gasteiger partial charge on any atom is -0.352 e. The summed E-state index contributed by atoms with van der Waals surface area (Å²) in [6.07, 6.45) is 1.23. The second-order valence-electron chi connectivity index (χ2n) is 2.69. The maximum atomic E-state index is 9.92. The summed E-state index contributed by atoms with van der Waals surface area (Å²) in [4.78, 5) is 14.2. The van der Waals surface area contributed by atoms with Gasteiger partial charge in [0.25, 0.3) is 5.09 Å². The highest BCUT2D eigenvalue weighted by atomic mass is 17.0. The Balaban J connectivity index is 2.35. The van der Waals surface area contributed by atoms with Gasteiger partial charge in [0.05, 0.1) is 0 Å². The summed E-state index contributed by atoms with van der Waals surface area (Å²) < 4.78 is 5.04. The fourth-order valence-electron chi connectivity index (χ4n) is 1.12. The lowest BCUT2D eigenvalue weighted by Crippen LogP contribution is -2.31. The van der Waals surface area contributed by atoms with Crippen LogP contribution < -0.4 is 0 Å². The second-order valence-corrected chi connectivity index (χ2v) is 2.69. The van der Waals surface area contributed by atoms with Crippen molar-refractivity contribution in [3.63, 3.8) is 0 Å². The van der Waals surface area contributed by atoms with Crippen molar-refractivity contribution in [1.82, 2.24) is 0 Å². The van der Waals surface area contributed by atoms with Crippen LogP contribution in [0.3, 0.4) is 0 Å². The summed E-state index contributed by atoms with van der Waals surface area (Å²) in [5.74, 6) is 0.120. The first-order valence-corrected chi connectivity index (χ1v) is 3.63. The standard InChI is InChI=1S/C6H11NO4/c1-5-3-2-4-10-6(5)11-7(8)9/h5-6H,2-4H2,1H3. The molecule has 0 aromatic rings. The van der Waals surface area contributed by atoms with Crippen molar-refractivity contribution in [2.75, 3.05) is 6.61 Å². The number of nitrogens with zero attached hydrogens (tertiary/aromatic N) is 1. The summed E-state index contributed by atoms with van der Waals surface area (Å²) in [5, 5.41) is 9.12. The monoisotopic (exact) mass is 161 g/mol. The van der Waals surface area contributed by atoms with Crippen molar-refractivity contribution in [2.45, 2.75) is 26.1 Å². The molecule has 0 N–H and O–H groups in total. The van der Waals surface area contributed by atoms with E-state index < -0.39 is 11.4 Å². The van der Waals surface area contributed by atoms with Crippen LogP contribution in [0.25, 0.3) is 0 Å². The molecule has 1 fully saturated rings. The van der Waals surface area contributed by atoms with E-state index >= 15 is 0 Å². The van der Waals surface area contributed by atoms with Gasteiger partial charge < -0.3 is 4.74 Å². The van der Waals surface area contributed by atoms with Crippen LogP contribution in [-0.2, 0) is 9.57 Å². The van der Waals surface area contributed by atoms with Crippen molar-refractivity contribution < 1.29 is 14.7 Å². The van der Waals surface area contributed by atoms with Crippen LogP contribution in [0.2, 0.25) is 0 Å². The summed E-state index contributed by atoms with van der Waals surface area (Å²) in [5.41, 5.74) is 0. The van der Waals surface area contributed by atoms with E-state index in [9.17, 15) is 10.1 Å². The molecule has 64 valence electrons. The largest absolute Gasteiger partial charge is 0.352 e. The van der Waals surface area contributed by atoms with Gasteiger partial charge in [-0.1, -0.05) is 6.92 Å². The average Bonchev–Trinajstić information content (AvgIpc) is 1.93. The molecule has 5 nitrogen and oxygen atoms in total. The maximum Gasteiger partial charge on any atom is 0.297 e. The molecular weight excluding hydrogens is 150 g/mol. The Labute approximate surface area is 64.4 Å². The Kier molecular flexibility index (Phi) is 2.64. The van der Waals surface area contributed by atoms with Gasteiger partial charge in [-0.15, -0.1) is 10.1 Å². The molecule has 2 atom stereocenters. The second kappa shape index (κ2) is 3.52. The van der Waals surface area contributed by atoms with E-state index in [1.165, 1.54) is 0 Å². The van der Waals surface area contributed by atoms with Crippen LogP contribution in [0.5, 0.6) is 0 Å². The molecule has 1 saturated heterocycles. The molecule has 0 aromatic carbocycles. The average molecular weight is 161 g/mol. The van der Waals surface area contributed by atoms with Gasteiger partial charge in [0.1, 0.15) is 0 Å². The molecule has 1 aliphatic heterocycles. The predicted molar refractivity (Wildman–Crippen MR) is 36.2 cm³/mol. The smallest absolute Gasteiger partial charge is 0.297 e. The van der Waals surface area contributed by atoms with E-state index in [0.29, 0.717) is 6.61 Å². The van der Waals surface area contributed by atoms with Crippen molar-refractivity contribution in [1.29, 1.82) is 0 Å². The van der Waals surface area contributed by atoms with Gasteiger partial charge in [-0.2, -0.15) is 0 Å². The van der Waals surface area contributed by atoms with E-state index in [4.69, 9.17) is 4.74 Å². The van der Waals surface area contributed by atoms with Gasteiger partial charge >= 0.3 is 0 Å². The van der Waals surface area contributed by atoms with Crippen LogP contribution in [0, 0.1) is 16.0 Å². The summed E-state index contributed by atoms with van der Waals surface area (Å²) in [6, 6.07) is 0. The molecule has 0 amide bonds. The number of ether oxygens (including phenoxy) is 1. The third kappa shape index (κ3) is 2.34. The lowest BCUT2D eigenvalue weighted by Gasteiger charge is -2.26. The Bertz CT molecular complexity index is 150. The molecular formula is C6H11NO4. The number of hydrogen-bond acceptors (Lipinski definition) is 4. The third-order valence-electron chi connectivity index (χ3n) is 1.74. The topological polar surface area (TPSA) is 61.6 Å². The minimum atomic E-state index is -0.799. The SMILES string of the molecule is CC1CCCOC1O[N+](=O)[O-]. The number of hydrogen-bond donors (Lipinski definition) is 0. The molecule has 5 heteroatoms. The highest BCUT2D eigenvalue weighted by molar-refractivity contribution is 4.61. The summed E-state index contributed by atoms with van der Waals surface area (Å²) >= 11 is 0. The zero-order valence-corrected chi connectivity index (χ0v) is 6.36. The Hall–Kier alpha value is -0.840. The fourth-order valence-corrected chi connectivity index (χ4v) is 1.12. The molecule has 2 unspecified atom stereocenters. The van der Waals surface area contributed by atoms with Crippen LogP contribution >= 0.6 is 0 Å². The first-order valence-electron chi connectivity index (χ1n) is 3.63. The first-order chi connectivity index (χ1) is 5.20. The highest BCUT2D eigenvalue weighted by Gasteiger charge is 2.24. The van der Waals surface area contributed by atoms with Gasteiger partial charge in [-0.05, 0) is 12.8 Å². The quantitative estimate of drug-likeness (QED) is 0.447.